The molecule has 2 fully saturated rings. The Morgan fingerprint density at radius 1 is 1.30 bits per heavy atom. The van der Waals surface area contributed by atoms with E-state index in [4.69, 9.17) is 0 Å². The maximum atomic E-state index is 3.82. The Kier molecular flexibility index (Phi) is 4.83. The van der Waals surface area contributed by atoms with Crippen LogP contribution in [0, 0.1) is 11.8 Å². The van der Waals surface area contributed by atoms with Crippen LogP contribution in [-0.4, -0.2) is 36.6 Å². The molecule has 2 unspecified atom stereocenters. The minimum absolute atomic E-state index is 0.745. The summed E-state index contributed by atoms with van der Waals surface area (Å²) in [5, 5.41) is 3.82. The van der Waals surface area contributed by atoms with Gasteiger partial charge in [0.1, 0.15) is 0 Å². The van der Waals surface area contributed by atoms with E-state index in [0.29, 0.717) is 0 Å². The highest BCUT2D eigenvalue weighted by atomic mass is 15.2. The van der Waals surface area contributed by atoms with E-state index >= 15 is 0 Å². The number of nitrogens with one attached hydrogen (secondary N) is 1. The van der Waals surface area contributed by atoms with Gasteiger partial charge in [-0.05, 0) is 56.8 Å². The molecule has 0 bridgehead atoms. The van der Waals surface area contributed by atoms with Gasteiger partial charge in [0.2, 0.25) is 0 Å². The molecule has 0 aromatic heterocycles. The Bertz CT molecular complexity index is 343. The van der Waals surface area contributed by atoms with E-state index in [0.717, 1.165) is 23.9 Å². The molecule has 0 aromatic rings. The van der Waals surface area contributed by atoms with Crippen molar-refractivity contribution in [3.05, 3.63) is 11.6 Å². The van der Waals surface area contributed by atoms with Crippen molar-refractivity contribution in [3.63, 3.8) is 0 Å². The maximum absolute atomic E-state index is 3.82. The minimum Gasteiger partial charge on any atom is -0.311 e. The van der Waals surface area contributed by atoms with Crippen LogP contribution in [0.3, 0.4) is 0 Å². The quantitative estimate of drug-likeness (QED) is 0.772. The molecule has 0 amide bonds. The molecule has 2 heteroatoms. The highest BCUT2D eigenvalue weighted by Gasteiger charge is 2.37. The van der Waals surface area contributed by atoms with Gasteiger partial charge in [0.25, 0.3) is 0 Å². The zero-order chi connectivity index (χ0) is 13.9. The molecular formula is C18H32N2. The van der Waals surface area contributed by atoms with Gasteiger partial charge in [0.05, 0.1) is 0 Å². The third-order valence-corrected chi connectivity index (χ3v) is 5.56. The first-order valence-electron chi connectivity index (χ1n) is 8.89. The van der Waals surface area contributed by atoms with Crippen LogP contribution in [0.15, 0.2) is 11.6 Å². The van der Waals surface area contributed by atoms with Gasteiger partial charge >= 0.3 is 0 Å². The van der Waals surface area contributed by atoms with E-state index in [9.17, 15) is 0 Å². The summed E-state index contributed by atoms with van der Waals surface area (Å²) < 4.78 is 0. The molecular weight excluding hydrogens is 244 g/mol. The van der Waals surface area contributed by atoms with Gasteiger partial charge in [0.15, 0.2) is 0 Å². The van der Waals surface area contributed by atoms with E-state index in [1.807, 2.05) is 0 Å². The highest BCUT2D eigenvalue weighted by Crippen LogP contribution is 2.35. The molecule has 0 aromatic carbocycles. The third kappa shape index (κ3) is 3.65. The van der Waals surface area contributed by atoms with Crippen LogP contribution in [0.5, 0.6) is 0 Å². The molecule has 20 heavy (non-hydrogen) atoms. The van der Waals surface area contributed by atoms with Crippen LogP contribution in [0.2, 0.25) is 0 Å². The Morgan fingerprint density at radius 3 is 2.80 bits per heavy atom. The van der Waals surface area contributed by atoms with E-state index in [-0.39, 0.29) is 0 Å². The van der Waals surface area contributed by atoms with Crippen molar-refractivity contribution in [3.8, 4) is 0 Å². The Hall–Kier alpha value is -0.340. The van der Waals surface area contributed by atoms with Crippen LogP contribution in [0.1, 0.15) is 58.8 Å². The predicted octanol–water partition coefficient (Wildman–Crippen LogP) is 3.59. The average Bonchev–Trinajstić information content (AvgIpc) is 3.30. The van der Waals surface area contributed by atoms with Crippen molar-refractivity contribution in [1.29, 1.82) is 0 Å². The smallest absolute Gasteiger partial charge is 0.0244 e. The molecule has 3 rings (SSSR count). The first-order valence-corrected chi connectivity index (χ1v) is 8.89. The topological polar surface area (TPSA) is 15.3 Å². The summed E-state index contributed by atoms with van der Waals surface area (Å²) in [6.45, 7) is 8.56. The highest BCUT2D eigenvalue weighted by molar-refractivity contribution is 5.06. The number of rotatable bonds is 5. The summed E-state index contributed by atoms with van der Waals surface area (Å²) in [5.74, 6) is 1.75. The second-order valence-corrected chi connectivity index (χ2v) is 7.52. The molecule has 1 N–H and O–H groups in total. The van der Waals surface area contributed by atoms with E-state index < -0.39 is 0 Å². The molecule has 1 aliphatic heterocycles. The zero-order valence-electron chi connectivity index (χ0n) is 13.4. The monoisotopic (exact) mass is 276 g/mol. The van der Waals surface area contributed by atoms with Crippen molar-refractivity contribution in [1.82, 2.24) is 10.2 Å². The van der Waals surface area contributed by atoms with E-state index in [1.165, 1.54) is 64.6 Å². The van der Waals surface area contributed by atoms with E-state index in [2.05, 4.69) is 30.1 Å². The standard InChI is InChI=1S/C18H32N2/c1-14(2)18-12-19-17(16-8-9-16)13-20(18)11-10-15-6-4-3-5-7-15/h6,14,16-19H,3-5,7-13H2,1-2H3. The van der Waals surface area contributed by atoms with Crippen LogP contribution in [0.25, 0.3) is 0 Å². The SMILES string of the molecule is CC(C)C1CNC(C2CC2)CN1CCC1=CCCCC1. The summed E-state index contributed by atoms with van der Waals surface area (Å²) in [6, 6.07) is 1.53. The van der Waals surface area contributed by atoms with E-state index in [1.54, 1.807) is 5.57 Å². The Morgan fingerprint density at radius 2 is 2.15 bits per heavy atom. The maximum Gasteiger partial charge on any atom is 0.0244 e. The van der Waals surface area contributed by atoms with Crippen LogP contribution >= 0.6 is 0 Å². The molecule has 1 saturated heterocycles. The molecule has 2 nitrogen and oxygen atoms in total. The summed E-state index contributed by atoms with van der Waals surface area (Å²) in [4.78, 5) is 2.81. The fourth-order valence-electron chi connectivity index (χ4n) is 4.00. The van der Waals surface area contributed by atoms with Crippen molar-refractivity contribution in [2.75, 3.05) is 19.6 Å². The van der Waals surface area contributed by atoms with Gasteiger partial charge < -0.3 is 5.32 Å². The van der Waals surface area contributed by atoms with Gasteiger partial charge in [-0.3, -0.25) is 4.90 Å². The first kappa shape index (κ1) is 14.6. The molecule has 114 valence electrons. The van der Waals surface area contributed by atoms with Crippen molar-refractivity contribution >= 4 is 0 Å². The fourth-order valence-corrected chi connectivity index (χ4v) is 4.00. The summed E-state index contributed by atoms with van der Waals surface area (Å²) in [7, 11) is 0. The number of hydrogen-bond donors (Lipinski definition) is 1. The molecule has 1 saturated carbocycles. The van der Waals surface area contributed by atoms with Gasteiger partial charge in [-0.15, -0.1) is 0 Å². The van der Waals surface area contributed by atoms with Gasteiger partial charge in [-0.1, -0.05) is 25.5 Å². The predicted molar refractivity (Wildman–Crippen MR) is 85.9 cm³/mol. The zero-order valence-corrected chi connectivity index (χ0v) is 13.4. The second kappa shape index (κ2) is 6.62. The number of hydrogen-bond acceptors (Lipinski definition) is 2. The lowest BCUT2D eigenvalue weighted by molar-refractivity contribution is 0.0932. The molecule has 0 spiro atoms. The normalized spacial score (nSPS) is 32.5. The summed E-state index contributed by atoms with van der Waals surface area (Å²) in [5.41, 5.74) is 1.74. The van der Waals surface area contributed by atoms with Crippen molar-refractivity contribution in [2.24, 2.45) is 11.8 Å². The summed E-state index contributed by atoms with van der Waals surface area (Å²) in [6.07, 6.45) is 12.3. The Balaban J connectivity index is 1.55. The van der Waals surface area contributed by atoms with Crippen LogP contribution in [0.4, 0.5) is 0 Å². The molecule has 1 heterocycles. The average molecular weight is 276 g/mol. The van der Waals surface area contributed by atoms with Gasteiger partial charge in [0, 0.05) is 31.7 Å². The number of nitrogens with zero attached hydrogens (tertiary/aromatic N) is 1. The summed E-state index contributed by atoms with van der Waals surface area (Å²) >= 11 is 0. The number of allylic oxidation sites excluding steroid dienone is 1. The van der Waals surface area contributed by atoms with Gasteiger partial charge in [-0.2, -0.15) is 0 Å². The second-order valence-electron chi connectivity index (χ2n) is 7.52. The van der Waals surface area contributed by atoms with Gasteiger partial charge in [-0.25, -0.2) is 0 Å². The lowest BCUT2D eigenvalue weighted by atomic mass is 9.94. The lowest BCUT2D eigenvalue weighted by Crippen LogP contribution is -2.59. The number of piperazine rings is 1. The fraction of sp³-hybridized carbons (Fsp3) is 0.889. The molecule has 2 atom stereocenters. The first-order chi connectivity index (χ1) is 9.74. The largest absolute Gasteiger partial charge is 0.311 e. The molecule has 2 aliphatic carbocycles. The molecule has 3 aliphatic rings. The lowest BCUT2D eigenvalue weighted by Gasteiger charge is -2.43. The third-order valence-electron chi connectivity index (χ3n) is 5.56. The Labute approximate surface area is 125 Å². The minimum atomic E-state index is 0.745. The van der Waals surface area contributed by atoms with Crippen molar-refractivity contribution < 1.29 is 0 Å². The van der Waals surface area contributed by atoms with Crippen LogP contribution in [-0.2, 0) is 0 Å². The molecule has 0 radical (unpaired) electrons. The van der Waals surface area contributed by atoms with Crippen LogP contribution < -0.4 is 5.32 Å². The van der Waals surface area contributed by atoms with Crippen molar-refractivity contribution in [2.45, 2.75) is 70.9 Å².